The standard InChI is InChI=1S/C14H26N4O11P2.ClH/c1-18(2,3)6-7-26-30(22,23)29-31(24,25)27-8-9-11(19)12(20)13(28-9)17-5-4-10(15)16-14(17)21;/h4-5,9,11-13,19-20H,6-8H2,1-3H3,(H3-,15,16,21,22,23,24,25);1H/t9-,11-,12-,13-;/m1./s1. The molecule has 186 valence electrons. The number of hydrogen-bond acceptors (Lipinski definition) is 11. The number of nitrogen functional groups attached to an aromatic ring is 1. The molecule has 32 heavy (non-hydrogen) atoms. The van der Waals surface area contributed by atoms with Gasteiger partial charge in [0.1, 0.15) is 37.3 Å². The third-order valence-electron chi connectivity index (χ3n) is 4.09. The van der Waals surface area contributed by atoms with Gasteiger partial charge in [-0.3, -0.25) is 13.6 Å². The van der Waals surface area contributed by atoms with Crippen LogP contribution in [-0.2, 0) is 27.2 Å². The van der Waals surface area contributed by atoms with E-state index in [0.29, 0.717) is 11.0 Å². The molecule has 2 rings (SSSR count). The van der Waals surface area contributed by atoms with Gasteiger partial charge < -0.3 is 47.4 Å². The highest BCUT2D eigenvalue weighted by Crippen LogP contribution is 2.60. The summed E-state index contributed by atoms with van der Waals surface area (Å²) in [6.45, 7) is -0.746. The molecule has 2 heterocycles. The second kappa shape index (κ2) is 11.0. The van der Waals surface area contributed by atoms with Crippen molar-refractivity contribution < 1.29 is 64.1 Å². The van der Waals surface area contributed by atoms with E-state index >= 15 is 0 Å². The number of likely N-dealkylation sites (N-methyl/N-ethyl adjacent to an activating group) is 1. The van der Waals surface area contributed by atoms with E-state index < -0.39 is 52.5 Å². The van der Waals surface area contributed by atoms with Crippen LogP contribution in [0.15, 0.2) is 17.1 Å². The van der Waals surface area contributed by atoms with Crippen molar-refractivity contribution >= 4 is 21.5 Å². The van der Waals surface area contributed by atoms with Crippen LogP contribution >= 0.6 is 15.6 Å². The molecule has 0 saturated carbocycles. The summed E-state index contributed by atoms with van der Waals surface area (Å²) in [5.74, 6) is -0.0652. The van der Waals surface area contributed by atoms with E-state index in [1.54, 1.807) is 21.1 Å². The maximum absolute atomic E-state index is 12.0. The Hall–Kier alpha value is -0.930. The average Bonchev–Trinajstić information content (AvgIpc) is 2.86. The van der Waals surface area contributed by atoms with E-state index in [0.717, 1.165) is 4.57 Å². The number of halogens is 1. The van der Waals surface area contributed by atoms with Crippen LogP contribution in [-0.4, -0.2) is 93.2 Å². The maximum Gasteiger partial charge on any atom is 0.481 e. The molecule has 1 aromatic rings. The number of anilines is 1. The van der Waals surface area contributed by atoms with Crippen molar-refractivity contribution in [3.8, 4) is 0 Å². The zero-order valence-corrected chi connectivity index (χ0v) is 20.0. The van der Waals surface area contributed by atoms with Gasteiger partial charge in [0.25, 0.3) is 0 Å². The lowest BCUT2D eigenvalue weighted by Gasteiger charge is -2.24. The fraction of sp³-hybridized carbons (Fsp3) is 0.714. The number of aliphatic hydroxyl groups is 2. The highest BCUT2D eigenvalue weighted by molar-refractivity contribution is 7.61. The molecule has 6 N–H and O–H groups in total. The lowest BCUT2D eigenvalue weighted by atomic mass is 10.1. The Morgan fingerprint density at radius 2 is 1.78 bits per heavy atom. The predicted molar refractivity (Wildman–Crippen MR) is 104 cm³/mol. The van der Waals surface area contributed by atoms with E-state index in [1.807, 2.05) is 0 Å². The molecule has 1 aromatic heterocycles. The molecule has 18 heteroatoms. The van der Waals surface area contributed by atoms with Crippen LogP contribution in [0.3, 0.4) is 0 Å². The Morgan fingerprint density at radius 3 is 2.34 bits per heavy atom. The van der Waals surface area contributed by atoms with Crippen LogP contribution in [0.25, 0.3) is 0 Å². The average molecular weight is 525 g/mol. The molecule has 0 amide bonds. The van der Waals surface area contributed by atoms with Crippen molar-refractivity contribution in [3.63, 3.8) is 0 Å². The third-order valence-corrected chi connectivity index (χ3v) is 6.72. The summed E-state index contributed by atoms with van der Waals surface area (Å²) in [5, 5.41) is 20.2. The molecule has 0 aliphatic carbocycles. The predicted octanol–water partition coefficient (Wildman–Crippen LogP) is -4.59. The molecule has 1 aliphatic rings. The van der Waals surface area contributed by atoms with Crippen LogP contribution in [0.5, 0.6) is 0 Å². The first-order valence-electron chi connectivity index (χ1n) is 8.93. The molecule has 0 spiro atoms. The Bertz CT molecular complexity index is 927. The van der Waals surface area contributed by atoms with Gasteiger partial charge >= 0.3 is 21.3 Å². The minimum absolute atomic E-state index is 0. The summed E-state index contributed by atoms with van der Waals surface area (Å²) in [4.78, 5) is 34.7. The molecule has 0 aromatic carbocycles. The highest BCUT2D eigenvalue weighted by atomic mass is 35.5. The summed E-state index contributed by atoms with van der Waals surface area (Å²) in [5.41, 5.74) is 4.53. The Balaban J connectivity index is 0.00000512. The summed E-state index contributed by atoms with van der Waals surface area (Å²) < 4.78 is 43.9. The lowest BCUT2D eigenvalue weighted by molar-refractivity contribution is -0.870. The Kier molecular flexibility index (Phi) is 10.0. The molecule has 1 aliphatic heterocycles. The normalized spacial score (nSPS) is 27.3. The van der Waals surface area contributed by atoms with Crippen LogP contribution in [0, 0.1) is 0 Å². The molecule has 2 unspecified atom stereocenters. The second-order valence-electron chi connectivity index (χ2n) is 7.75. The minimum Gasteiger partial charge on any atom is -1.00 e. The largest absolute Gasteiger partial charge is 1.00 e. The number of rotatable bonds is 10. The molecule has 1 saturated heterocycles. The van der Waals surface area contributed by atoms with Crippen LogP contribution in [0.4, 0.5) is 5.82 Å². The highest BCUT2D eigenvalue weighted by Gasteiger charge is 2.46. The van der Waals surface area contributed by atoms with E-state index in [4.69, 9.17) is 10.5 Å². The van der Waals surface area contributed by atoms with Gasteiger partial charge in [0.15, 0.2) is 6.23 Å². The van der Waals surface area contributed by atoms with E-state index in [1.165, 1.54) is 12.3 Å². The monoisotopic (exact) mass is 524 g/mol. The van der Waals surface area contributed by atoms with Gasteiger partial charge in [-0.2, -0.15) is 9.29 Å². The zero-order chi connectivity index (χ0) is 23.6. The van der Waals surface area contributed by atoms with Crippen molar-refractivity contribution in [2.45, 2.75) is 24.5 Å². The third kappa shape index (κ3) is 8.45. The number of hydrogen-bond donors (Lipinski definition) is 5. The second-order valence-corrected chi connectivity index (χ2v) is 10.8. The van der Waals surface area contributed by atoms with Gasteiger partial charge in [-0.1, -0.05) is 0 Å². The fourth-order valence-electron chi connectivity index (χ4n) is 2.49. The molecule has 0 bridgehead atoms. The van der Waals surface area contributed by atoms with Gasteiger partial charge in [-0.15, -0.1) is 0 Å². The van der Waals surface area contributed by atoms with Crippen molar-refractivity contribution in [1.82, 2.24) is 9.55 Å². The summed E-state index contributed by atoms with van der Waals surface area (Å²) in [6.07, 6.45) is -4.82. The molecular formula is C14H27ClN4O11P2. The first-order valence-corrected chi connectivity index (χ1v) is 11.9. The van der Waals surface area contributed by atoms with Crippen molar-refractivity contribution in [3.05, 3.63) is 22.7 Å². The SMILES string of the molecule is C[N+](C)(C)CCOP(=O)(O)OP(=O)(O)OC[C@H]1O[C@@H](n2ccc(N)nc2=O)[C@H](O)[C@@H]1O.[Cl-]. The number of nitrogens with zero attached hydrogens (tertiary/aromatic N) is 3. The number of quaternary nitrogens is 1. The number of nitrogens with two attached hydrogens (primary N) is 1. The Morgan fingerprint density at radius 1 is 1.19 bits per heavy atom. The molecule has 15 nitrogen and oxygen atoms in total. The van der Waals surface area contributed by atoms with Crippen molar-refractivity contribution in [2.75, 3.05) is 46.6 Å². The summed E-state index contributed by atoms with van der Waals surface area (Å²) >= 11 is 0. The maximum atomic E-state index is 12.0. The number of phosphoric acid groups is 2. The molecular weight excluding hydrogens is 498 g/mol. The summed E-state index contributed by atoms with van der Waals surface area (Å²) in [6, 6.07) is 1.26. The van der Waals surface area contributed by atoms with Gasteiger partial charge in [-0.25, -0.2) is 13.9 Å². The lowest BCUT2D eigenvalue weighted by Crippen LogP contribution is -3.00. The molecule has 1 fully saturated rings. The van der Waals surface area contributed by atoms with Gasteiger partial charge in [0, 0.05) is 6.20 Å². The molecule has 6 atom stereocenters. The fourth-order valence-corrected chi connectivity index (χ4v) is 4.56. The van der Waals surface area contributed by atoms with E-state index in [2.05, 4.69) is 18.3 Å². The van der Waals surface area contributed by atoms with Crippen LogP contribution in [0.2, 0.25) is 0 Å². The van der Waals surface area contributed by atoms with Crippen LogP contribution < -0.4 is 23.8 Å². The van der Waals surface area contributed by atoms with E-state index in [-0.39, 0.29) is 24.8 Å². The summed E-state index contributed by atoms with van der Waals surface area (Å²) in [7, 11) is -4.64. The topological polar surface area (TPSA) is 213 Å². The Labute approximate surface area is 189 Å². The van der Waals surface area contributed by atoms with Gasteiger partial charge in [-0.05, 0) is 6.07 Å². The van der Waals surface area contributed by atoms with Crippen molar-refractivity contribution in [1.29, 1.82) is 0 Å². The number of aromatic nitrogens is 2. The van der Waals surface area contributed by atoms with Crippen molar-refractivity contribution in [2.24, 2.45) is 0 Å². The van der Waals surface area contributed by atoms with Crippen LogP contribution in [0.1, 0.15) is 6.23 Å². The smallest absolute Gasteiger partial charge is 0.481 e. The van der Waals surface area contributed by atoms with E-state index in [9.17, 15) is 33.9 Å². The quantitative estimate of drug-likeness (QED) is 0.144. The zero-order valence-electron chi connectivity index (χ0n) is 17.4. The minimum atomic E-state index is -5.11. The number of phosphoric ester groups is 2. The first-order chi connectivity index (χ1) is 14.1. The molecule has 0 radical (unpaired) electrons. The van der Waals surface area contributed by atoms with Gasteiger partial charge in [0.05, 0.1) is 27.7 Å². The first kappa shape index (κ1) is 29.1. The number of ether oxygens (including phenoxy) is 1. The van der Waals surface area contributed by atoms with Gasteiger partial charge in [0.2, 0.25) is 0 Å². The number of aliphatic hydroxyl groups excluding tert-OH is 2.